The first-order valence-electron chi connectivity index (χ1n) is 4.48. The summed E-state index contributed by atoms with van der Waals surface area (Å²) in [6, 6.07) is 0. The van der Waals surface area contributed by atoms with Gasteiger partial charge in [0.05, 0.1) is 0 Å². The van der Waals surface area contributed by atoms with Crippen molar-refractivity contribution in [1.82, 2.24) is 5.32 Å². The largest absolute Gasteiger partial charge is 0.316 e. The Bertz CT molecular complexity index is 175. The molecule has 0 aromatic heterocycles. The normalized spacial score (nSPS) is 13.4. The summed E-state index contributed by atoms with van der Waals surface area (Å²) in [7, 11) is 1.96. The Morgan fingerprint density at radius 3 is 2.58 bits per heavy atom. The van der Waals surface area contributed by atoms with Crippen LogP contribution in [0.1, 0.15) is 20.3 Å². The minimum atomic E-state index is 0.937. The van der Waals surface area contributed by atoms with Crippen LogP contribution in [0, 0.1) is 0 Å². The van der Waals surface area contributed by atoms with E-state index in [1.807, 2.05) is 7.05 Å². The second kappa shape index (κ2) is 8.28. The van der Waals surface area contributed by atoms with Gasteiger partial charge >= 0.3 is 0 Å². The molecule has 12 heavy (non-hydrogen) atoms. The van der Waals surface area contributed by atoms with Gasteiger partial charge in [0.15, 0.2) is 0 Å². The van der Waals surface area contributed by atoms with Crippen LogP contribution in [0.2, 0.25) is 0 Å². The van der Waals surface area contributed by atoms with Crippen molar-refractivity contribution in [3.63, 3.8) is 0 Å². The molecule has 0 bridgehead atoms. The van der Waals surface area contributed by atoms with Gasteiger partial charge in [0.2, 0.25) is 0 Å². The summed E-state index contributed by atoms with van der Waals surface area (Å²) in [4.78, 5) is 0. The van der Waals surface area contributed by atoms with Gasteiger partial charge in [0.25, 0.3) is 0 Å². The molecule has 0 saturated heterocycles. The van der Waals surface area contributed by atoms with E-state index in [1.165, 1.54) is 5.57 Å². The monoisotopic (exact) mass is 165 g/mol. The van der Waals surface area contributed by atoms with E-state index in [2.05, 4.69) is 49.5 Å². The zero-order valence-corrected chi connectivity index (χ0v) is 8.30. The van der Waals surface area contributed by atoms with Crippen molar-refractivity contribution in [2.24, 2.45) is 0 Å². The molecule has 0 amide bonds. The molecule has 1 N–H and O–H groups in total. The predicted molar refractivity (Wildman–Crippen MR) is 56.3 cm³/mol. The first kappa shape index (κ1) is 11.2. The molecule has 0 aliphatic carbocycles. The van der Waals surface area contributed by atoms with Crippen LogP contribution in [0.15, 0.2) is 36.0 Å². The molecule has 0 heterocycles. The lowest BCUT2D eigenvalue weighted by Crippen LogP contribution is -2.08. The molecule has 68 valence electrons. The van der Waals surface area contributed by atoms with Crippen LogP contribution in [0.3, 0.4) is 0 Å². The van der Waals surface area contributed by atoms with E-state index in [-0.39, 0.29) is 0 Å². The van der Waals surface area contributed by atoms with Crippen molar-refractivity contribution >= 4 is 0 Å². The Hall–Kier alpha value is -0.820. The third-order valence-corrected chi connectivity index (χ3v) is 1.54. The van der Waals surface area contributed by atoms with Gasteiger partial charge in [-0.2, -0.15) is 0 Å². The average Bonchev–Trinajstić information content (AvgIpc) is 2.10. The summed E-state index contributed by atoms with van der Waals surface area (Å²) in [6.07, 6.45) is 11.6. The Morgan fingerprint density at radius 1 is 1.33 bits per heavy atom. The third kappa shape index (κ3) is 5.93. The minimum absolute atomic E-state index is 0.937. The summed E-state index contributed by atoms with van der Waals surface area (Å²) in [6.45, 7) is 5.13. The van der Waals surface area contributed by atoms with Gasteiger partial charge in [-0.05, 0) is 26.0 Å². The molecule has 0 atom stereocenters. The Kier molecular flexibility index (Phi) is 7.71. The highest BCUT2D eigenvalue weighted by atomic mass is 14.8. The molecular formula is C11H19N. The lowest BCUT2D eigenvalue weighted by molar-refractivity contribution is 0.894. The molecular weight excluding hydrogens is 146 g/mol. The van der Waals surface area contributed by atoms with E-state index in [9.17, 15) is 0 Å². The fourth-order valence-electron chi connectivity index (χ4n) is 0.855. The zero-order chi connectivity index (χ0) is 9.23. The predicted octanol–water partition coefficient (Wildman–Crippen LogP) is 2.67. The molecule has 0 rings (SSSR count). The fourth-order valence-corrected chi connectivity index (χ4v) is 0.855. The Balaban J connectivity index is 3.85. The summed E-state index contributed by atoms with van der Waals surface area (Å²) >= 11 is 0. The summed E-state index contributed by atoms with van der Waals surface area (Å²) in [5.41, 5.74) is 1.32. The SMILES string of the molecule is C\C=C(/C=C\C=C\CC)CNC. The van der Waals surface area contributed by atoms with Crippen molar-refractivity contribution < 1.29 is 0 Å². The lowest BCUT2D eigenvalue weighted by atomic mass is 10.2. The van der Waals surface area contributed by atoms with Gasteiger partial charge in [-0.25, -0.2) is 0 Å². The topological polar surface area (TPSA) is 12.0 Å². The molecule has 0 spiro atoms. The van der Waals surface area contributed by atoms with E-state index in [0.717, 1.165) is 13.0 Å². The van der Waals surface area contributed by atoms with Gasteiger partial charge < -0.3 is 5.32 Å². The fraction of sp³-hybridized carbons (Fsp3) is 0.455. The zero-order valence-electron chi connectivity index (χ0n) is 8.30. The highest BCUT2D eigenvalue weighted by Gasteiger charge is 1.84. The molecule has 1 heteroatoms. The maximum Gasteiger partial charge on any atom is 0.0199 e. The maximum absolute atomic E-state index is 3.12. The molecule has 1 nitrogen and oxygen atoms in total. The van der Waals surface area contributed by atoms with Crippen LogP contribution in [-0.2, 0) is 0 Å². The average molecular weight is 165 g/mol. The Morgan fingerprint density at radius 2 is 2.08 bits per heavy atom. The third-order valence-electron chi connectivity index (χ3n) is 1.54. The number of nitrogens with one attached hydrogen (secondary N) is 1. The van der Waals surface area contributed by atoms with Crippen LogP contribution in [0.25, 0.3) is 0 Å². The van der Waals surface area contributed by atoms with Gasteiger partial charge in [-0.3, -0.25) is 0 Å². The molecule has 0 aromatic rings. The molecule has 0 saturated carbocycles. The van der Waals surface area contributed by atoms with Crippen LogP contribution in [0.4, 0.5) is 0 Å². The van der Waals surface area contributed by atoms with E-state index in [0.29, 0.717) is 0 Å². The minimum Gasteiger partial charge on any atom is -0.316 e. The van der Waals surface area contributed by atoms with Crippen molar-refractivity contribution in [1.29, 1.82) is 0 Å². The highest BCUT2D eigenvalue weighted by Crippen LogP contribution is 1.94. The number of likely N-dealkylation sites (N-methyl/N-ethyl adjacent to an activating group) is 1. The van der Waals surface area contributed by atoms with Crippen molar-refractivity contribution in [3.05, 3.63) is 36.0 Å². The standard InChI is InChI=1S/C11H19N/c1-4-6-7-8-9-11(5-2)10-12-3/h5-9,12H,4,10H2,1-3H3/b7-6+,9-8-,11-5+. The summed E-state index contributed by atoms with van der Waals surface area (Å²) in [5.74, 6) is 0. The van der Waals surface area contributed by atoms with Crippen molar-refractivity contribution in [2.45, 2.75) is 20.3 Å². The van der Waals surface area contributed by atoms with E-state index < -0.39 is 0 Å². The number of rotatable bonds is 5. The smallest absolute Gasteiger partial charge is 0.0199 e. The molecule has 0 aliphatic heterocycles. The number of hydrogen-bond acceptors (Lipinski definition) is 1. The van der Waals surface area contributed by atoms with Gasteiger partial charge in [0, 0.05) is 6.54 Å². The molecule has 0 fully saturated rings. The van der Waals surface area contributed by atoms with Gasteiger partial charge in [-0.15, -0.1) is 0 Å². The molecule has 0 unspecified atom stereocenters. The summed E-state index contributed by atoms with van der Waals surface area (Å²) < 4.78 is 0. The summed E-state index contributed by atoms with van der Waals surface area (Å²) in [5, 5.41) is 3.12. The highest BCUT2D eigenvalue weighted by molar-refractivity contribution is 5.22. The number of hydrogen-bond donors (Lipinski definition) is 1. The van der Waals surface area contributed by atoms with E-state index in [4.69, 9.17) is 0 Å². The molecule has 0 aromatic carbocycles. The lowest BCUT2D eigenvalue weighted by Gasteiger charge is -1.97. The van der Waals surface area contributed by atoms with E-state index in [1.54, 1.807) is 0 Å². The van der Waals surface area contributed by atoms with Crippen molar-refractivity contribution in [3.8, 4) is 0 Å². The van der Waals surface area contributed by atoms with Crippen LogP contribution in [-0.4, -0.2) is 13.6 Å². The molecule has 0 radical (unpaired) electrons. The maximum atomic E-state index is 3.12. The number of allylic oxidation sites excluding steroid dienone is 4. The van der Waals surface area contributed by atoms with Gasteiger partial charge in [-0.1, -0.05) is 37.3 Å². The second-order valence-corrected chi connectivity index (χ2v) is 2.59. The van der Waals surface area contributed by atoms with Crippen LogP contribution in [0.5, 0.6) is 0 Å². The van der Waals surface area contributed by atoms with Gasteiger partial charge in [0.1, 0.15) is 0 Å². The second-order valence-electron chi connectivity index (χ2n) is 2.59. The first-order valence-corrected chi connectivity index (χ1v) is 4.48. The van der Waals surface area contributed by atoms with Crippen LogP contribution < -0.4 is 5.32 Å². The van der Waals surface area contributed by atoms with Crippen molar-refractivity contribution in [2.75, 3.05) is 13.6 Å². The molecule has 0 aliphatic rings. The van der Waals surface area contributed by atoms with E-state index >= 15 is 0 Å². The van der Waals surface area contributed by atoms with Crippen LogP contribution >= 0.6 is 0 Å². The quantitative estimate of drug-likeness (QED) is 0.618. The first-order chi connectivity index (χ1) is 5.85. The Labute approximate surface area is 75.9 Å².